The summed E-state index contributed by atoms with van der Waals surface area (Å²) in [6, 6.07) is 0. The third-order valence-corrected chi connectivity index (χ3v) is 1.98. The number of hydrogen-bond acceptors (Lipinski definition) is 5. The minimum absolute atomic E-state index is 0.161. The fourth-order valence-corrected chi connectivity index (χ4v) is 1.25. The summed E-state index contributed by atoms with van der Waals surface area (Å²) in [6.45, 7) is 3.64. The van der Waals surface area contributed by atoms with Crippen molar-refractivity contribution in [3.05, 3.63) is 12.2 Å². The summed E-state index contributed by atoms with van der Waals surface area (Å²) in [6.07, 6.45) is 2.85. The normalized spacial score (nSPS) is 10.4. The largest absolute Gasteiger partial charge is 0.466 e. The van der Waals surface area contributed by atoms with Crippen LogP contribution in [0, 0.1) is 0 Å². The number of nitrogens with zero attached hydrogens (tertiary/aromatic N) is 3. The van der Waals surface area contributed by atoms with Gasteiger partial charge in [-0.2, -0.15) is 5.10 Å². The lowest BCUT2D eigenvalue weighted by atomic mass is 10.4. The Bertz CT molecular complexity index is 324. The standard InChI is InChI=1S/C10H18N4O2/c1-3-16-10(15)5-7-11-6-4-9-12-8-14(2)13-9/h8,11H,3-7H2,1-2H3. The van der Waals surface area contributed by atoms with Crippen molar-refractivity contribution in [3.8, 4) is 0 Å². The molecule has 1 rings (SSSR count). The second-order valence-electron chi connectivity index (χ2n) is 3.39. The van der Waals surface area contributed by atoms with E-state index in [2.05, 4.69) is 15.4 Å². The second-order valence-corrected chi connectivity index (χ2v) is 3.39. The molecule has 0 fully saturated rings. The SMILES string of the molecule is CCOC(=O)CCNCCc1ncn(C)n1. The van der Waals surface area contributed by atoms with E-state index in [0.717, 1.165) is 18.8 Å². The van der Waals surface area contributed by atoms with Crippen molar-refractivity contribution in [3.63, 3.8) is 0 Å². The van der Waals surface area contributed by atoms with Crippen LogP contribution in [0.5, 0.6) is 0 Å². The molecule has 1 aromatic rings. The van der Waals surface area contributed by atoms with Crippen molar-refractivity contribution in [2.45, 2.75) is 19.8 Å². The van der Waals surface area contributed by atoms with E-state index in [1.807, 2.05) is 7.05 Å². The van der Waals surface area contributed by atoms with E-state index in [0.29, 0.717) is 19.6 Å². The monoisotopic (exact) mass is 226 g/mol. The van der Waals surface area contributed by atoms with Gasteiger partial charge in [-0.25, -0.2) is 4.98 Å². The van der Waals surface area contributed by atoms with Crippen molar-refractivity contribution < 1.29 is 9.53 Å². The summed E-state index contributed by atoms with van der Waals surface area (Å²) in [5.41, 5.74) is 0. The quantitative estimate of drug-likeness (QED) is 0.519. The molecule has 0 aromatic carbocycles. The van der Waals surface area contributed by atoms with Crippen molar-refractivity contribution in [2.75, 3.05) is 19.7 Å². The molecule has 1 N–H and O–H groups in total. The zero-order valence-electron chi connectivity index (χ0n) is 9.77. The van der Waals surface area contributed by atoms with Gasteiger partial charge >= 0.3 is 5.97 Å². The van der Waals surface area contributed by atoms with Crippen LogP contribution in [0.4, 0.5) is 0 Å². The first kappa shape index (κ1) is 12.6. The Balaban J connectivity index is 2.02. The molecule has 1 heterocycles. The minimum atomic E-state index is -0.161. The van der Waals surface area contributed by atoms with Crippen LogP contribution in [0.15, 0.2) is 6.33 Å². The van der Waals surface area contributed by atoms with Gasteiger partial charge in [-0.3, -0.25) is 9.48 Å². The number of hydrogen-bond donors (Lipinski definition) is 1. The molecule has 0 saturated heterocycles. The average molecular weight is 226 g/mol. The predicted molar refractivity (Wildman–Crippen MR) is 58.8 cm³/mol. The maximum Gasteiger partial charge on any atom is 0.307 e. The smallest absolute Gasteiger partial charge is 0.307 e. The molecule has 6 nitrogen and oxygen atoms in total. The van der Waals surface area contributed by atoms with Gasteiger partial charge in [0.25, 0.3) is 0 Å². The first-order valence-electron chi connectivity index (χ1n) is 5.43. The van der Waals surface area contributed by atoms with Crippen LogP contribution < -0.4 is 5.32 Å². The molecule has 0 aliphatic carbocycles. The number of aromatic nitrogens is 3. The first-order chi connectivity index (χ1) is 7.72. The summed E-state index contributed by atoms with van der Waals surface area (Å²) in [5.74, 6) is 0.650. The first-order valence-corrected chi connectivity index (χ1v) is 5.43. The molecule has 0 spiro atoms. The van der Waals surface area contributed by atoms with Crippen LogP contribution in [0.1, 0.15) is 19.2 Å². The Morgan fingerprint density at radius 1 is 1.56 bits per heavy atom. The molecule has 0 unspecified atom stereocenters. The van der Waals surface area contributed by atoms with E-state index in [4.69, 9.17) is 4.74 Å². The van der Waals surface area contributed by atoms with Crippen LogP contribution in [0.3, 0.4) is 0 Å². The van der Waals surface area contributed by atoms with Gasteiger partial charge in [-0.1, -0.05) is 0 Å². The third-order valence-electron chi connectivity index (χ3n) is 1.98. The summed E-state index contributed by atoms with van der Waals surface area (Å²) in [5, 5.41) is 7.29. The molecule has 0 bridgehead atoms. The highest BCUT2D eigenvalue weighted by atomic mass is 16.5. The van der Waals surface area contributed by atoms with Crippen LogP contribution in [0.2, 0.25) is 0 Å². The molecule has 0 amide bonds. The van der Waals surface area contributed by atoms with Crippen LogP contribution in [-0.2, 0) is 23.0 Å². The molecule has 16 heavy (non-hydrogen) atoms. The number of carbonyl (C=O) groups excluding carboxylic acids is 1. The Hall–Kier alpha value is -1.43. The lowest BCUT2D eigenvalue weighted by Crippen LogP contribution is -2.22. The molecule has 0 radical (unpaired) electrons. The average Bonchev–Trinajstić information content (AvgIpc) is 2.64. The number of carbonyl (C=O) groups is 1. The second kappa shape index (κ2) is 6.95. The van der Waals surface area contributed by atoms with Crippen molar-refractivity contribution in [1.29, 1.82) is 0 Å². The van der Waals surface area contributed by atoms with Gasteiger partial charge in [0.15, 0.2) is 5.82 Å². The lowest BCUT2D eigenvalue weighted by molar-refractivity contribution is -0.142. The topological polar surface area (TPSA) is 69.0 Å². The van der Waals surface area contributed by atoms with Crippen LogP contribution in [-0.4, -0.2) is 40.4 Å². The Morgan fingerprint density at radius 2 is 2.38 bits per heavy atom. The third kappa shape index (κ3) is 4.88. The zero-order chi connectivity index (χ0) is 11.8. The van der Waals surface area contributed by atoms with E-state index in [9.17, 15) is 4.79 Å². The molecule has 0 atom stereocenters. The van der Waals surface area contributed by atoms with Gasteiger partial charge in [0.05, 0.1) is 13.0 Å². The molecular weight excluding hydrogens is 208 g/mol. The van der Waals surface area contributed by atoms with Gasteiger partial charge in [-0.05, 0) is 6.92 Å². The predicted octanol–water partition coefficient (Wildman–Crippen LogP) is -0.0996. The summed E-state index contributed by atoms with van der Waals surface area (Å²) < 4.78 is 6.48. The summed E-state index contributed by atoms with van der Waals surface area (Å²) in [4.78, 5) is 15.1. The number of esters is 1. The Labute approximate surface area is 95.0 Å². The number of ether oxygens (including phenoxy) is 1. The molecule has 90 valence electrons. The fourth-order valence-electron chi connectivity index (χ4n) is 1.25. The lowest BCUT2D eigenvalue weighted by Gasteiger charge is -2.02. The van der Waals surface area contributed by atoms with Crippen LogP contribution >= 0.6 is 0 Å². The highest BCUT2D eigenvalue weighted by molar-refractivity contribution is 5.69. The molecule has 0 aliphatic heterocycles. The number of rotatable bonds is 7. The van der Waals surface area contributed by atoms with Gasteiger partial charge in [0.1, 0.15) is 6.33 Å². The minimum Gasteiger partial charge on any atom is -0.466 e. The Morgan fingerprint density at radius 3 is 3.00 bits per heavy atom. The van der Waals surface area contributed by atoms with E-state index < -0.39 is 0 Å². The van der Waals surface area contributed by atoms with Gasteiger partial charge in [0.2, 0.25) is 0 Å². The summed E-state index contributed by atoms with van der Waals surface area (Å²) >= 11 is 0. The van der Waals surface area contributed by atoms with Gasteiger partial charge < -0.3 is 10.1 Å². The Kier molecular flexibility index (Phi) is 5.49. The maximum atomic E-state index is 11.0. The van der Waals surface area contributed by atoms with Crippen LogP contribution in [0.25, 0.3) is 0 Å². The number of nitrogens with one attached hydrogen (secondary N) is 1. The van der Waals surface area contributed by atoms with E-state index in [1.54, 1.807) is 17.9 Å². The van der Waals surface area contributed by atoms with Gasteiger partial charge in [0, 0.05) is 26.6 Å². The van der Waals surface area contributed by atoms with Crippen molar-refractivity contribution in [1.82, 2.24) is 20.1 Å². The number of aryl methyl sites for hydroxylation is 1. The molecule has 0 aliphatic rings. The molecule has 6 heteroatoms. The molecule has 0 saturated carbocycles. The fraction of sp³-hybridized carbons (Fsp3) is 0.700. The zero-order valence-corrected chi connectivity index (χ0v) is 9.77. The molecule has 1 aromatic heterocycles. The maximum absolute atomic E-state index is 11.0. The highest BCUT2D eigenvalue weighted by Crippen LogP contribution is 1.89. The summed E-state index contributed by atoms with van der Waals surface area (Å²) in [7, 11) is 1.84. The van der Waals surface area contributed by atoms with Gasteiger partial charge in [-0.15, -0.1) is 0 Å². The van der Waals surface area contributed by atoms with E-state index in [-0.39, 0.29) is 5.97 Å². The highest BCUT2D eigenvalue weighted by Gasteiger charge is 2.01. The van der Waals surface area contributed by atoms with E-state index >= 15 is 0 Å². The molecular formula is C10H18N4O2. The van der Waals surface area contributed by atoms with Crippen molar-refractivity contribution >= 4 is 5.97 Å². The van der Waals surface area contributed by atoms with Crippen molar-refractivity contribution in [2.24, 2.45) is 7.05 Å². The van der Waals surface area contributed by atoms with E-state index in [1.165, 1.54) is 0 Å².